The highest BCUT2D eigenvalue weighted by Gasteiger charge is 2.35. The van der Waals surface area contributed by atoms with Gasteiger partial charge >= 0.3 is 0 Å². The van der Waals surface area contributed by atoms with E-state index in [4.69, 9.17) is 9.47 Å². The second-order valence-electron chi connectivity index (χ2n) is 5.98. The molecule has 1 saturated heterocycles. The monoisotopic (exact) mass is 304 g/mol. The van der Waals surface area contributed by atoms with Gasteiger partial charge in [-0.1, -0.05) is 12.1 Å². The molecule has 2 atom stereocenters. The third kappa shape index (κ3) is 4.01. The summed E-state index contributed by atoms with van der Waals surface area (Å²) in [5.74, 6) is 2.51. The zero-order valence-electron chi connectivity index (χ0n) is 14.2. The van der Waals surface area contributed by atoms with Gasteiger partial charge in [-0.25, -0.2) is 0 Å². The van der Waals surface area contributed by atoms with Crippen LogP contribution in [0.3, 0.4) is 0 Å². The molecule has 1 heterocycles. The summed E-state index contributed by atoms with van der Waals surface area (Å²) in [6.07, 6.45) is 5.28. The lowest BCUT2D eigenvalue weighted by Gasteiger charge is -2.30. The summed E-state index contributed by atoms with van der Waals surface area (Å²) < 4.78 is 10.0. The van der Waals surface area contributed by atoms with Gasteiger partial charge in [0.25, 0.3) is 0 Å². The van der Waals surface area contributed by atoms with Gasteiger partial charge < -0.3 is 14.4 Å². The predicted molar refractivity (Wildman–Crippen MR) is 91.3 cm³/mol. The Balaban J connectivity index is 0.000000164. The maximum absolute atomic E-state index is 5.01. The van der Waals surface area contributed by atoms with E-state index in [-0.39, 0.29) is 0 Å². The molecule has 4 nitrogen and oxygen atoms in total. The second-order valence-corrected chi connectivity index (χ2v) is 5.98. The summed E-state index contributed by atoms with van der Waals surface area (Å²) in [4.78, 5) is 6.84. The van der Waals surface area contributed by atoms with Gasteiger partial charge in [-0.05, 0) is 50.9 Å². The minimum atomic E-state index is 0.769. The zero-order chi connectivity index (χ0) is 15.9. The molecule has 4 heteroatoms. The molecule has 1 saturated carbocycles. The highest BCUT2D eigenvalue weighted by atomic mass is 16.5. The van der Waals surface area contributed by atoms with Crippen molar-refractivity contribution in [3.8, 4) is 11.5 Å². The summed E-state index contributed by atoms with van der Waals surface area (Å²) in [5.41, 5.74) is 1.44. The van der Waals surface area contributed by atoms with Crippen LogP contribution in [0.5, 0.6) is 11.5 Å². The average Bonchev–Trinajstić information content (AvgIpc) is 2.95. The Labute approximate surface area is 134 Å². The SMILES string of the molecule is CN=C1CCC2CCN(C)[C@H]2C1.COc1ccccc1OC. The lowest BCUT2D eigenvalue weighted by Crippen LogP contribution is -2.35. The zero-order valence-corrected chi connectivity index (χ0v) is 14.2. The van der Waals surface area contributed by atoms with Crippen molar-refractivity contribution >= 4 is 5.71 Å². The van der Waals surface area contributed by atoms with Crippen LogP contribution in [-0.4, -0.2) is 51.5 Å². The van der Waals surface area contributed by atoms with Crippen LogP contribution < -0.4 is 9.47 Å². The van der Waals surface area contributed by atoms with Crippen molar-refractivity contribution in [2.24, 2.45) is 10.9 Å². The van der Waals surface area contributed by atoms with E-state index in [9.17, 15) is 0 Å². The van der Waals surface area contributed by atoms with E-state index in [1.54, 1.807) is 14.2 Å². The number of para-hydroxylation sites is 2. The molecule has 1 aromatic rings. The first-order chi connectivity index (χ1) is 10.7. The molecule has 0 spiro atoms. The van der Waals surface area contributed by atoms with E-state index in [2.05, 4.69) is 16.9 Å². The third-order valence-electron chi connectivity index (χ3n) is 4.82. The highest BCUT2D eigenvalue weighted by Crippen LogP contribution is 2.33. The van der Waals surface area contributed by atoms with Crippen molar-refractivity contribution < 1.29 is 9.47 Å². The van der Waals surface area contributed by atoms with Gasteiger partial charge in [0.15, 0.2) is 11.5 Å². The van der Waals surface area contributed by atoms with E-state index in [0.29, 0.717) is 0 Å². The van der Waals surface area contributed by atoms with Crippen molar-refractivity contribution in [1.29, 1.82) is 0 Å². The first-order valence-corrected chi connectivity index (χ1v) is 8.01. The molecule has 1 unspecified atom stereocenters. The fourth-order valence-electron chi connectivity index (χ4n) is 3.43. The van der Waals surface area contributed by atoms with Gasteiger partial charge in [0, 0.05) is 25.2 Å². The summed E-state index contributed by atoms with van der Waals surface area (Å²) >= 11 is 0. The van der Waals surface area contributed by atoms with Crippen molar-refractivity contribution in [1.82, 2.24) is 4.90 Å². The van der Waals surface area contributed by atoms with Crippen LogP contribution >= 0.6 is 0 Å². The predicted octanol–water partition coefficient (Wildman–Crippen LogP) is 3.27. The minimum Gasteiger partial charge on any atom is -0.493 e. The minimum absolute atomic E-state index is 0.769. The molecule has 1 aliphatic carbocycles. The molecular formula is C18H28N2O2. The normalized spacial score (nSPS) is 26.1. The highest BCUT2D eigenvalue weighted by molar-refractivity contribution is 5.85. The number of benzene rings is 1. The summed E-state index contributed by atoms with van der Waals surface area (Å²) in [5, 5.41) is 0. The standard InChI is InChI=1S/C10H18N2.C8H10O2/c1-11-9-4-3-8-5-6-12(2)10(8)7-9;1-9-7-5-3-4-6-8(7)10-2/h8,10H,3-7H2,1-2H3;3-6H,1-2H3/t8?,10-;/m0./s1. The van der Waals surface area contributed by atoms with Gasteiger partial charge in [-0.2, -0.15) is 0 Å². The first-order valence-electron chi connectivity index (χ1n) is 8.01. The third-order valence-corrected chi connectivity index (χ3v) is 4.82. The van der Waals surface area contributed by atoms with Crippen LogP contribution in [0.1, 0.15) is 25.7 Å². The summed E-state index contributed by atoms with van der Waals surface area (Å²) in [6, 6.07) is 8.35. The van der Waals surface area contributed by atoms with Gasteiger partial charge in [-0.3, -0.25) is 4.99 Å². The molecule has 122 valence electrons. The Kier molecular flexibility index (Phi) is 6.25. The molecular weight excluding hydrogens is 276 g/mol. The van der Waals surface area contributed by atoms with Gasteiger partial charge in [0.2, 0.25) is 0 Å². The smallest absolute Gasteiger partial charge is 0.160 e. The number of fused-ring (bicyclic) bond motifs is 1. The lowest BCUT2D eigenvalue weighted by molar-refractivity contribution is 0.261. The fraction of sp³-hybridized carbons (Fsp3) is 0.611. The van der Waals surface area contributed by atoms with Crippen molar-refractivity contribution in [3.63, 3.8) is 0 Å². The van der Waals surface area contributed by atoms with Gasteiger partial charge in [0.1, 0.15) is 0 Å². The largest absolute Gasteiger partial charge is 0.493 e. The molecule has 2 aliphatic rings. The number of ether oxygens (including phenoxy) is 2. The van der Waals surface area contributed by atoms with Crippen LogP contribution in [0.25, 0.3) is 0 Å². The van der Waals surface area contributed by atoms with E-state index in [1.165, 1.54) is 37.9 Å². The first kappa shape index (κ1) is 16.8. The number of hydrogen-bond acceptors (Lipinski definition) is 4. The molecule has 0 N–H and O–H groups in total. The van der Waals surface area contributed by atoms with Crippen LogP contribution in [0.15, 0.2) is 29.3 Å². The number of likely N-dealkylation sites (tertiary alicyclic amines) is 1. The van der Waals surface area contributed by atoms with Crippen LogP contribution in [0, 0.1) is 5.92 Å². The van der Waals surface area contributed by atoms with Crippen molar-refractivity contribution in [3.05, 3.63) is 24.3 Å². The Morgan fingerprint density at radius 1 is 1.09 bits per heavy atom. The van der Waals surface area contributed by atoms with E-state index >= 15 is 0 Å². The quantitative estimate of drug-likeness (QED) is 0.841. The molecule has 0 amide bonds. The van der Waals surface area contributed by atoms with E-state index in [1.807, 2.05) is 31.3 Å². The average molecular weight is 304 g/mol. The molecule has 22 heavy (non-hydrogen) atoms. The van der Waals surface area contributed by atoms with E-state index in [0.717, 1.165) is 23.5 Å². The molecule has 0 radical (unpaired) electrons. The van der Waals surface area contributed by atoms with Gasteiger partial charge in [-0.15, -0.1) is 0 Å². The Hall–Kier alpha value is -1.55. The maximum Gasteiger partial charge on any atom is 0.160 e. The number of methoxy groups -OCH3 is 2. The van der Waals surface area contributed by atoms with Gasteiger partial charge in [0.05, 0.1) is 14.2 Å². The Bertz CT molecular complexity index is 479. The molecule has 0 aromatic heterocycles. The molecule has 1 aromatic carbocycles. The lowest BCUT2D eigenvalue weighted by atomic mass is 9.84. The molecule has 1 aliphatic heterocycles. The van der Waals surface area contributed by atoms with Crippen molar-refractivity contribution in [2.45, 2.75) is 31.7 Å². The Morgan fingerprint density at radius 3 is 2.27 bits per heavy atom. The number of rotatable bonds is 2. The number of aliphatic imine (C=N–C) groups is 1. The van der Waals surface area contributed by atoms with E-state index < -0.39 is 0 Å². The van der Waals surface area contributed by atoms with Crippen molar-refractivity contribution in [2.75, 3.05) is 34.9 Å². The van der Waals surface area contributed by atoms with Crippen LogP contribution in [0.4, 0.5) is 0 Å². The number of hydrogen-bond donors (Lipinski definition) is 0. The molecule has 3 rings (SSSR count). The molecule has 2 fully saturated rings. The fourth-order valence-corrected chi connectivity index (χ4v) is 3.43. The van der Waals surface area contributed by atoms with Crippen LogP contribution in [0.2, 0.25) is 0 Å². The second kappa shape index (κ2) is 8.18. The molecule has 0 bridgehead atoms. The summed E-state index contributed by atoms with van der Waals surface area (Å²) in [6.45, 7) is 1.30. The Morgan fingerprint density at radius 2 is 1.73 bits per heavy atom. The number of nitrogens with zero attached hydrogens (tertiary/aromatic N) is 2. The van der Waals surface area contributed by atoms with Crippen LogP contribution in [-0.2, 0) is 0 Å². The maximum atomic E-state index is 5.01. The topological polar surface area (TPSA) is 34.1 Å². The summed E-state index contributed by atoms with van der Waals surface area (Å²) in [7, 11) is 7.43.